The van der Waals surface area contributed by atoms with Crippen molar-refractivity contribution < 1.29 is 0 Å². The predicted molar refractivity (Wildman–Crippen MR) is 200 cm³/mol. The zero-order valence-electron chi connectivity index (χ0n) is 26.6. The Balaban J connectivity index is 1.19. The first-order valence-corrected chi connectivity index (χ1v) is 16.7. The van der Waals surface area contributed by atoms with Crippen LogP contribution in [0.2, 0.25) is 0 Å². The van der Waals surface area contributed by atoms with Crippen LogP contribution in [-0.2, 0) is 0 Å². The summed E-state index contributed by atoms with van der Waals surface area (Å²) >= 11 is 0. The van der Waals surface area contributed by atoms with Crippen molar-refractivity contribution in [3.05, 3.63) is 181 Å². The van der Waals surface area contributed by atoms with Crippen LogP contribution in [0.1, 0.15) is 23.5 Å². The van der Waals surface area contributed by atoms with Crippen molar-refractivity contribution in [2.24, 2.45) is 10.2 Å². The lowest BCUT2D eigenvalue weighted by Gasteiger charge is -2.14. The van der Waals surface area contributed by atoms with Gasteiger partial charge in [0.25, 0.3) is 0 Å². The first-order valence-electron chi connectivity index (χ1n) is 16.7. The van der Waals surface area contributed by atoms with Gasteiger partial charge >= 0.3 is 0 Å². The van der Waals surface area contributed by atoms with Gasteiger partial charge in [0, 0.05) is 32.9 Å². The monoisotopic (exact) mass is 629 g/mol. The summed E-state index contributed by atoms with van der Waals surface area (Å²) in [5.74, 6) is 0. The summed E-state index contributed by atoms with van der Waals surface area (Å²) < 4.78 is 4.82. The topological polar surface area (TPSA) is 46.6 Å². The minimum Gasteiger partial charge on any atom is -0.309 e. The van der Waals surface area contributed by atoms with Crippen molar-refractivity contribution >= 4 is 43.6 Å². The van der Waals surface area contributed by atoms with E-state index < -0.39 is 0 Å². The summed E-state index contributed by atoms with van der Waals surface area (Å²) in [4.78, 5) is 0. The van der Waals surface area contributed by atoms with E-state index in [0.29, 0.717) is 0 Å². The maximum atomic E-state index is 4.65. The van der Waals surface area contributed by atoms with Crippen LogP contribution in [0.3, 0.4) is 0 Å². The molecule has 0 aliphatic carbocycles. The number of hydrogen-bond acceptors (Lipinski definition) is 3. The highest BCUT2D eigenvalue weighted by molar-refractivity contribution is 6.19. The predicted octanol–water partition coefficient (Wildman–Crippen LogP) is 11.3. The third kappa shape index (κ3) is 4.51. The minimum atomic E-state index is -0.218. The van der Waals surface area contributed by atoms with E-state index in [1.165, 1.54) is 49.2 Å². The molecule has 49 heavy (non-hydrogen) atoms. The van der Waals surface area contributed by atoms with E-state index >= 15 is 0 Å². The number of benzene rings is 7. The van der Waals surface area contributed by atoms with E-state index in [9.17, 15) is 0 Å². The van der Waals surface area contributed by atoms with Crippen molar-refractivity contribution in [3.8, 4) is 22.5 Å². The van der Waals surface area contributed by atoms with Gasteiger partial charge in [0.2, 0.25) is 0 Å². The molecule has 0 bridgehead atoms. The van der Waals surface area contributed by atoms with Gasteiger partial charge in [-0.05, 0) is 70.8 Å². The highest BCUT2D eigenvalue weighted by Crippen LogP contribution is 2.41. The molecular formula is C44H31N5. The second-order valence-corrected chi connectivity index (χ2v) is 12.7. The molecule has 0 saturated carbocycles. The van der Waals surface area contributed by atoms with Gasteiger partial charge in [-0.1, -0.05) is 121 Å². The fourth-order valence-corrected chi connectivity index (χ4v) is 7.57. The molecule has 0 fully saturated rings. The van der Waals surface area contributed by atoms with Gasteiger partial charge in [0.05, 0.1) is 22.1 Å². The summed E-state index contributed by atoms with van der Waals surface area (Å²) in [5, 5.41) is 17.8. The molecule has 9 aromatic rings. The third-order valence-corrected chi connectivity index (χ3v) is 9.85. The van der Waals surface area contributed by atoms with Crippen LogP contribution in [0.5, 0.6) is 0 Å². The summed E-state index contributed by atoms with van der Waals surface area (Å²) in [5.41, 5.74) is 11.6. The number of aromatic nitrogens is 2. The number of azo groups is 1. The molecule has 232 valence electrons. The Morgan fingerprint density at radius 1 is 0.367 bits per heavy atom. The van der Waals surface area contributed by atoms with E-state index in [1.807, 2.05) is 18.2 Å². The molecular weight excluding hydrogens is 599 g/mol. The second kappa shape index (κ2) is 11.2. The first-order chi connectivity index (χ1) is 24.3. The van der Waals surface area contributed by atoms with Crippen LogP contribution in [-0.4, -0.2) is 9.13 Å². The molecule has 1 N–H and O–H groups in total. The standard InChI is InChI=1S/C44H31N5/c1-4-13-29(14-5-1)31-23-24-36-38-27-37-35-21-10-11-22-39(35)49(42(37)28-41(38)48(40(36)26-31)33-18-8-3-9-19-33)34-20-12-17-32(25-34)44-45-43(46-47-44)30-15-6-2-7-16-30/h1-28,43-45H. The van der Waals surface area contributed by atoms with Crippen molar-refractivity contribution in [2.75, 3.05) is 0 Å². The van der Waals surface area contributed by atoms with Gasteiger partial charge in [-0.15, -0.1) is 0 Å². The van der Waals surface area contributed by atoms with Crippen molar-refractivity contribution in [1.82, 2.24) is 14.5 Å². The molecule has 10 rings (SSSR count). The Kier molecular flexibility index (Phi) is 6.32. The van der Waals surface area contributed by atoms with Crippen LogP contribution < -0.4 is 5.32 Å². The molecule has 7 aromatic carbocycles. The van der Waals surface area contributed by atoms with Crippen LogP contribution >= 0.6 is 0 Å². The molecule has 5 heteroatoms. The maximum Gasteiger partial charge on any atom is 0.148 e. The normalized spacial score (nSPS) is 16.0. The molecule has 5 nitrogen and oxygen atoms in total. The molecule has 1 aliphatic rings. The van der Waals surface area contributed by atoms with Crippen LogP contribution in [0, 0.1) is 0 Å². The van der Waals surface area contributed by atoms with Gasteiger partial charge in [-0.2, -0.15) is 10.2 Å². The van der Waals surface area contributed by atoms with E-state index in [1.54, 1.807) is 0 Å². The van der Waals surface area contributed by atoms with Crippen LogP contribution in [0.15, 0.2) is 180 Å². The number of rotatable bonds is 5. The Hall–Kier alpha value is -6.30. The number of fused-ring (bicyclic) bond motifs is 6. The van der Waals surface area contributed by atoms with Gasteiger partial charge < -0.3 is 9.13 Å². The molecule has 0 saturated heterocycles. The summed E-state index contributed by atoms with van der Waals surface area (Å²) in [7, 11) is 0. The molecule has 2 unspecified atom stereocenters. The van der Waals surface area contributed by atoms with E-state index in [-0.39, 0.29) is 12.3 Å². The number of para-hydroxylation sites is 2. The number of nitrogens with one attached hydrogen (secondary N) is 1. The molecule has 2 atom stereocenters. The lowest BCUT2D eigenvalue weighted by molar-refractivity contribution is 0.551. The fraction of sp³-hybridized carbons (Fsp3) is 0.0455. The first kappa shape index (κ1) is 27.8. The Morgan fingerprint density at radius 2 is 0.939 bits per heavy atom. The molecule has 3 heterocycles. The highest BCUT2D eigenvalue weighted by atomic mass is 15.4. The number of hydrogen-bond donors (Lipinski definition) is 1. The number of nitrogens with zero attached hydrogens (tertiary/aromatic N) is 4. The summed E-state index contributed by atoms with van der Waals surface area (Å²) in [6.45, 7) is 0. The van der Waals surface area contributed by atoms with Gasteiger partial charge in [0.1, 0.15) is 12.3 Å². The van der Waals surface area contributed by atoms with Crippen molar-refractivity contribution in [1.29, 1.82) is 0 Å². The summed E-state index contributed by atoms with van der Waals surface area (Å²) in [6, 6.07) is 60.7. The average molecular weight is 630 g/mol. The van der Waals surface area contributed by atoms with Crippen molar-refractivity contribution in [3.63, 3.8) is 0 Å². The fourth-order valence-electron chi connectivity index (χ4n) is 7.57. The third-order valence-electron chi connectivity index (χ3n) is 9.85. The quantitative estimate of drug-likeness (QED) is 0.202. The van der Waals surface area contributed by atoms with Crippen LogP contribution in [0.25, 0.3) is 66.1 Å². The SMILES string of the molecule is c1ccc(-c2ccc3c4cc5c6ccccc6n(-c6cccc(C7N=NC(c8ccccc8)N7)c6)c5cc4n(-c4ccccc4)c3c2)cc1. The largest absolute Gasteiger partial charge is 0.309 e. The Morgan fingerprint density at radius 3 is 1.71 bits per heavy atom. The smallest absolute Gasteiger partial charge is 0.148 e. The zero-order valence-corrected chi connectivity index (χ0v) is 26.6. The second-order valence-electron chi connectivity index (χ2n) is 12.7. The molecule has 1 aliphatic heterocycles. The lowest BCUT2D eigenvalue weighted by Crippen LogP contribution is -2.18. The maximum absolute atomic E-state index is 4.65. The van der Waals surface area contributed by atoms with Gasteiger partial charge in [0.15, 0.2) is 0 Å². The minimum absolute atomic E-state index is 0.154. The van der Waals surface area contributed by atoms with Gasteiger partial charge in [-0.3, -0.25) is 5.32 Å². The van der Waals surface area contributed by atoms with Crippen molar-refractivity contribution in [2.45, 2.75) is 12.3 Å². The zero-order chi connectivity index (χ0) is 32.3. The summed E-state index contributed by atoms with van der Waals surface area (Å²) in [6.07, 6.45) is -0.372. The van der Waals surface area contributed by atoms with E-state index in [4.69, 9.17) is 0 Å². The van der Waals surface area contributed by atoms with Gasteiger partial charge in [-0.25, -0.2) is 0 Å². The molecule has 0 amide bonds. The molecule has 0 spiro atoms. The Labute approximate surface area is 283 Å². The highest BCUT2D eigenvalue weighted by Gasteiger charge is 2.24. The molecule has 2 aromatic heterocycles. The van der Waals surface area contributed by atoms with Crippen LogP contribution in [0.4, 0.5) is 0 Å². The Bertz CT molecular complexity index is 2690. The van der Waals surface area contributed by atoms with E-state index in [0.717, 1.165) is 28.0 Å². The molecule has 0 radical (unpaired) electrons. The average Bonchev–Trinajstić information content (AvgIpc) is 3.88. The van der Waals surface area contributed by atoms with E-state index in [2.05, 4.69) is 176 Å². The lowest BCUT2D eigenvalue weighted by atomic mass is 10.0.